The predicted molar refractivity (Wildman–Crippen MR) is 136 cm³/mol. The van der Waals surface area contributed by atoms with E-state index in [1.165, 1.54) is 22.7 Å². The number of hydrogen-bond donors (Lipinski definition) is 1. The second-order valence-corrected chi connectivity index (χ2v) is 10.8. The van der Waals surface area contributed by atoms with E-state index in [0.717, 1.165) is 58.3 Å². The molecule has 3 fully saturated rings. The van der Waals surface area contributed by atoms with Gasteiger partial charge in [0.2, 0.25) is 0 Å². The van der Waals surface area contributed by atoms with Crippen molar-refractivity contribution in [3.8, 4) is 0 Å². The van der Waals surface area contributed by atoms with Crippen LogP contribution in [-0.4, -0.2) is 71.1 Å². The fraction of sp³-hybridized carbons (Fsp3) is 0.600. The molecule has 11 heteroatoms. The summed E-state index contributed by atoms with van der Waals surface area (Å²) >= 11 is 1.42. The maximum Gasteiger partial charge on any atom is 0.416 e. The van der Waals surface area contributed by atoms with E-state index in [0.29, 0.717) is 36.7 Å². The van der Waals surface area contributed by atoms with Crippen molar-refractivity contribution in [1.29, 1.82) is 0 Å². The van der Waals surface area contributed by atoms with E-state index in [4.69, 9.17) is 0 Å². The molecular formula is C25H33F3N6OS. The van der Waals surface area contributed by atoms with E-state index in [-0.39, 0.29) is 11.4 Å². The van der Waals surface area contributed by atoms with E-state index >= 15 is 0 Å². The Morgan fingerprint density at radius 1 is 1.08 bits per heavy atom. The zero-order valence-corrected chi connectivity index (χ0v) is 21.4. The highest BCUT2D eigenvalue weighted by Crippen LogP contribution is 2.42. The van der Waals surface area contributed by atoms with Crippen LogP contribution in [0.1, 0.15) is 43.2 Å². The maximum atomic E-state index is 14.0. The second-order valence-electron chi connectivity index (χ2n) is 10.2. The molecule has 1 spiro atoms. The number of anilines is 2. The molecule has 3 aliphatic rings. The fourth-order valence-electron chi connectivity index (χ4n) is 5.86. The van der Waals surface area contributed by atoms with Crippen molar-refractivity contribution in [1.82, 2.24) is 19.6 Å². The Morgan fingerprint density at radius 3 is 2.50 bits per heavy atom. The van der Waals surface area contributed by atoms with E-state index in [1.807, 2.05) is 22.1 Å². The van der Waals surface area contributed by atoms with Crippen molar-refractivity contribution in [2.24, 2.45) is 5.41 Å². The number of amides is 1. The summed E-state index contributed by atoms with van der Waals surface area (Å²) in [6.45, 7) is 4.76. The van der Waals surface area contributed by atoms with Gasteiger partial charge in [0.1, 0.15) is 0 Å². The van der Waals surface area contributed by atoms with Gasteiger partial charge in [-0.2, -0.15) is 17.9 Å². The molecule has 36 heavy (non-hydrogen) atoms. The molecule has 1 aromatic heterocycles. The summed E-state index contributed by atoms with van der Waals surface area (Å²) in [4.78, 5) is 18.9. The van der Waals surface area contributed by atoms with Crippen LogP contribution in [0.15, 0.2) is 30.5 Å². The molecule has 3 saturated heterocycles. The van der Waals surface area contributed by atoms with Gasteiger partial charge in [0.25, 0.3) is 0 Å². The minimum Gasteiger partial charge on any atom is -0.372 e. The Hall–Kier alpha value is -2.40. The molecule has 0 bridgehead atoms. The van der Waals surface area contributed by atoms with Crippen LogP contribution in [0, 0.1) is 5.41 Å². The van der Waals surface area contributed by atoms with E-state index < -0.39 is 11.7 Å². The fourth-order valence-corrected chi connectivity index (χ4v) is 6.17. The van der Waals surface area contributed by atoms with Gasteiger partial charge in [-0.3, -0.25) is 4.90 Å². The molecule has 0 unspecified atom stereocenters. The normalized spacial score (nSPS) is 20.4. The molecule has 196 valence electrons. The zero-order chi connectivity index (χ0) is 25.3. The van der Waals surface area contributed by atoms with Crippen molar-refractivity contribution < 1.29 is 18.0 Å². The number of carbonyl (C=O) groups is 1. The molecule has 5 rings (SSSR count). The quantitative estimate of drug-likeness (QED) is 0.549. The third-order valence-electron chi connectivity index (χ3n) is 7.87. The van der Waals surface area contributed by atoms with Gasteiger partial charge in [0, 0.05) is 63.5 Å². The smallest absolute Gasteiger partial charge is 0.372 e. The maximum absolute atomic E-state index is 14.0. The zero-order valence-electron chi connectivity index (χ0n) is 20.6. The van der Waals surface area contributed by atoms with Gasteiger partial charge in [-0.05, 0) is 61.8 Å². The molecule has 2 aromatic rings. The molecule has 0 radical (unpaired) electrons. The number of carbonyl (C=O) groups excluding carboxylic acids is 1. The number of likely N-dealkylation sites (tertiary alicyclic amines) is 2. The number of nitrogens with one attached hydrogen (secondary N) is 1. The topological polar surface area (TPSA) is 56.6 Å². The molecule has 3 aliphatic heterocycles. The summed E-state index contributed by atoms with van der Waals surface area (Å²) in [6.07, 6.45) is 3.90. The van der Waals surface area contributed by atoms with Gasteiger partial charge in [-0.25, -0.2) is 4.79 Å². The first-order valence-electron chi connectivity index (χ1n) is 12.6. The highest BCUT2D eigenvalue weighted by atomic mass is 32.2. The number of nitrogens with zero attached hydrogens (tertiary/aromatic N) is 5. The number of rotatable bonds is 5. The molecule has 0 atom stereocenters. The molecule has 1 aromatic carbocycles. The number of benzene rings is 1. The summed E-state index contributed by atoms with van der Waals surface area (Å²) < 4.78 is 46.2. The summed E-state index contributed by atoms with van der Waals surface area (Å²) in [7, 11) is 0. The van der Waals surface area contributed by atoms with Crippen LogP contribution in [0.5, 0.6) is 0 Å². The first-order valence-corrected chi connectivity index (χ1v) is 13.8. The molecule has 0 aliphatic carbocycles. The van der Waals surface area contributed by atoms with Crippen molar-refractivity contribution >= 4 is 29.5 Å². The second kappa shape index (κ2) is 10.2. The average molecular weight is 523 g/mol. The first kappa shape index (κ1) is 25.3. The lowest BCUT2D eigenvalue weighted by Gasteiger charge is -2.39. The number of hydrogen-bond acceptors (Lipinski definition) is 6. The number of piperidine rings is 1. The number of halogens is 3. The van der Waals surface area contributed by atoms with Gasteiger partial charge in [-0.1, -0.05) is 18.0 Å². The largest absolute Gasteiger partial charge is 0.416 e. The standard InChI is InChI=1S/C25H33F3N6OS/c1-36-30-22-6-12-34(29-22)23(35)33-14-8-24(9-15-33)7-13-31(18-24)17-19-4-5-20(32-10-2-3-11-32)16-21(19)25(26,27)28/h4-6,12,16H,2-3,7-11,13-15,17-18H2,1H3,(H,29,30). The molecular weight excluding hydrogens is 489 g/mol. The Kier molecular flexibility index (Phi) is 7.13. The molecule has 7 nitrogen and oxygen atoms in total. The molecule has 1 amide bonds. The summed E-state index contributed by atoms with van der Waals surface area (Å²) in [6, 6.07) is 6.49. The van der Waals surface area contributed by atoms with Crippen LogP contribution in [-0.2, 0) is 12.7 Å². The lowest BCUT2D eigenvalue weighted by Crippen LogP contribution is -2.45. The third-order valence-corrected chi connectivity index (χ3v) is 8.28. The van der Waals surface area contributed by atoms with E-state index in [9.17, 15) is 18.0 Å². The van der Waals surface area contributed by atoms with Gasteiger partial charge in [0.05, 0.1) is 5.56 Å². The third kappa shape index (κ3) is 5.32. The highest BCUT2D eigenvalue weighted by molar-refractivity contribution is 7.99. The van der Waals surface area contributed by atoms with Crippen LogP contribution >= 0.6 is 11.9 Å². The number of aromatic nitrogens is 2. The van der Waals surface area contributed by atoms with Gasteiger partial charge in [-0.15, -0.1) is 5.10 Å². The average Bonchev–Trinajstić information content (AvgIpc) is 3.62. The van der Waals surface area contributed by atoms with Crippen molar-refractivity contribution in [2.45, 2.75) is 44.8 Å². The van der Waals surface area contributed by atoms with Crippen LogP contribution in [0.2, 0.25) is 0 Å². The molecule has 4 heterocycles. The van der Waals surface area contributed by atoms with Gasteiger partial charge < -0.3 is 14.5 Å². The van der Waals surface area contributed by atoms with Crippen molar-refractivity contribution in [3.05, 3.63) is 41.6 Å². The minimum atomic E-state index is -4.37. The van der Waals surface area contributed by atoms with E-state index in [1.54, 1.807) is 18.3 Å². The summed E-state index contributed by atoms with van der Waals surface area (Å²) in [5, 5.41) is 4.27. The Bertz CT molecular complexity index is 1080. The number of alkyl halides is 3. The summed E-state index contributed by atoms with van der Waals surface area (Å²) in [5.74, 6) is 0.641. The van der Waals surface area contributed by atoms with Crippen molar-refractivity contribution in [3.63, 3.8) is 0 Å². The predicted octanol–water partition coefficient (Wildman–Crippen LogP) is 5.15. The summed E-state index contributed by atoms with van der Waals surface area (Å²) in [5.41, 5.74) is 0.568. The van der Waals surface area contributed by atoms with Crippen LogP contribution in [0.3, 0.4) is 0 Å². The lowest BCUT2D eigenvalue weighted by atomic mass is 9.78. The monoisotopic (exact) mass is 522 g/mol. The first-order chi connectivity index (χ1) is 17.3. The van der Waals surface area contributed by atoms with Crippen LogP contribution < -0.4 is 9.62 Å². The SMILES string of the molecule is CSNc1ccn(C(=O)N2CCC3(CCN(Cc4ccc(N5CCCC5)cc4C(F)(F)F)C3)CC2)n1. The van der Waals surface area contributed by atoms with E-state index in [2.05, 4.69) is 14.7 Å². The Labute approximate surface area is 214 Å². The van der Waals surface area contributed by atoms with Crippen LogP contribution in [0.25, 0.3) is 0 Å². The lowest BCUT2D eigenvalue weighted by molar-refractivity contribution is -0.138. The Morgan fingerprint density at radius 2 is 1.81 bits per heavy atom. The molecule has 1 N–H and O–H groups in total. The molecule has 0 saturated carbocycles. The highest BCUT2D eigenvalue weighted by Gasteiger charge is 2.42. The Balaban J connectivity index is 1.20. The minimum absolute atomic E-state index is 0.0559. The van der Waals surface area contributed by atoms with Gasteiger partial charge >= 0.3 is 12.2 Å². The van der Waals surface area contributed by atoms with Crippen molar-refractivity contribution in [2.75, 3.05) is 55.1 Å². The van der Waals surface area contributed by atoms with Crippen LogP contribution in [0.4, 0.5) is 29.5 Å². The van der Waals surface area contributed by atoms with Gasteiger partial charge in [0.15, 0.2) is 5.82 Å².